The number of nitriles is 2. The van der Waals surface area contributed by atoms with E-state index < -0.39 is 23.4 Å². The zero-order chi connectivity index (χ0) is 25.5. The first-order valence-corrected chi connectivity index (χ1v) is 14.0. The number of fused-ring (bicyclic) bond motifs is 3. The summed E-state index contributed by atoms with van der Waals surface area (Å²) in [5, 5.41) is 22.2. The van der Waals surface area contributed by atoms with Crippen molar-refractivity contribution in [1.82, 2.24) is 0 Å². The average molecular weight is 528 g/mol. The van der Waals surface area contributed by atoms with Gasteiger partial charge in [0.05, 0.1) is 34.3 Å². The fourth-order valence-electron chi connectivity index (χ4n) is 9.04. The van der Waals surface area contributed by atoms with Crippen LogP contribution >= 0.6 is 23.2 Å². The molecule has 2 aliphatic heterocycles. The smallest absolute Gasteiger partial charge is 0.176 e. The SMILES string of the molecule is N#CC1(C#N)[C@H](c2ccc(Cl)c(Cl)c2)[C@@H](C(=O)C23CC4CC(CC(C4)C2)C3)N2c3ccccc3C=C[C@@H]21. The Balaban J connectivity index is 1.45. The standard InChI is InChI=1S/C31H27Cl2N3O/c32-23-7-5-22(12-24(23)33)27-28(29(37)30-13-18-9-19(14-30)11-20(10-18)15-30)36-25-4-2-1-3-21(25)6-8-26(36)31(27,16-34)17-35/h1-8,12,18-20,26-28H,9-11,13-15H2/t18?,19?,20?,26-,27-,28+,30?/m1/s1. The molecule has 37 heavy (non-hydrogen) atoms. The van der Waals surface area contributed by atoms with E-state index in [4.69, 9.17) is 23.2 Å². The van der Waals surface area contributed by atoms with Crippen molar-refractivity contribution in [3.05, 3.63) is 69.7 Å². The zero-order valence-corrected chi connectivity index (χ0v) is 21.9. The first-order valence-electron chi connectivity index (χ1n) is 13.3. The molecule has 6 heteroatoms. The van der Waals surface area contributed by atoms with Crippen molar-refractivity contribution in [2.24, 2.45) is 28.6 Å². The van der Waals surface area contributed by atoms with Crippen LogP contribution in [0.25, 0.3) is 6.08 Å². The molecule has 0 amide bonds. The van der Waals surface area contributed by atoms with Gasteiger partial charge in [-0.2, -0.15) is 10.5 Å². The van der Waals surface area contributed by atoms with E-state index in [0.717, 1.165) is 36.1 Å². The molecule has 1 saturated heterocycles. The Bertz CT molecular complexity index is 1380. The second kappa shape index (κ2) is 8.10. The highest BCUT2D eigenvalue weighted by molar-refractivity contribution is 6.42. The number of hydrogen-bond donors (Lipinski definition) is 0. The summed E-state index contributed by atoms with van der Waals surface area (Å²) in [4.78, 5) is 17.2. The molecule has 4 saturated carbocycles. The van der Waals surface area contributed by atoms with Crippen molar-refractivity contribution in [1.29, 1.82) is 10.5 Å². The number of ketones is 1. The Morgan fingerprint density at radius 3 is 2.19 bits per heavy atom. The Labute approximate surface area is 227 Å². The van der Waals surface area contributed by atoms with Crippen molar-refractivity contribution in [2.75, 3.05) is 4.90 Å². The first kappa shape index (κ1) is 23.3. The number of nitrogens with zero attached hydrogens (tertiary/aromatic N) is 3. The van der Waals surface area contributed by atoms with Gasteiger partial charge in [0.15, 0.2) is 11.2 Å². The van der Waals surface area contributed by atoms with Crippen LogP contribution in [0.4, 0.5) is 5.69 Å². The van der Waals surface area contributed by atoms with Gasteiger partial charge in [-0.25, -0.2) is 0 Å². The highest BCUT2D eigenvalue weighted by Gasteiger charge is 2.67. The van der Waals surface area contributed by atoms with Gasteiger partial charge in [0.2, 0.25) is 0 Å². The lowest BCUT2D eigenvalue weighted by Gasteiger charge is -2.57. The number of Topliss-reactive ketones (excluding diaryl/α,β-unsaturated/α-hetero) is 1. The molecule has 0 N–H and O–H groups in total. The summed E-state index contributed by atoms with van der Waals surface area (Å²) in [5.74, 6) is 1.40. The minimum atomic E-state index is -1.45. The van der Waals surface area contributed by atoms with Gasteiger partial charge in [0.1, 0.15) is 0 Å². The number of carbonyl (C=O) groups is 1. The minimum absolute atomic E-state index is 0.213. The highest BCUT2D eigenvalue weighted by atomic mass is 35.5. The lowest BCUT2D eigenvalue weighted by molar-refractivity contribution is -0.145. The molecular weight excluding hydrogens is 501 g/mol. The number of anilines is 1. The fourth-order valence-corrected chi connectivity index (χ4v) is 9.35. The summed E-state index contributed by atoms with van der Waals surface area (Å²) in [6.45, 7) is 0. The molecule has 0 spiro atoms. The van der Waals surface area contributed by atoms with Gasteiger partial charge in [0.25, 0.3) is 0 Å². The second-order valence-electron chi connectivity index (χ2n) is 12.0. The van der Waals surface area contributed by atoms with Gasteiger partial charge in [0, 0.05) is 17.0 Å². The van der Waals surface area contributed by atoms with Crippen LogP contribution in [0.3, 0.4) is 0 Å². The van der Waals surface area contributed by atoms with E-state index in [-0.39, 0.29) is 11.2 Å². The molecule has 0 aromatic heterocycles. The Morgan fingerprint density at radius 2 is 1.57 bits per heavy atom. The molecule has 0 radical (unpaired) electrons. The summed E-state index contributed by atoms with van der Waals surface area (Å²) in [7, 11) is 0. The number of hydrogen-bond acceptors (Lipinski definition) is 4. The number of rotatable bonds is 3. The predicted octanol–water partition coefficient (Wildman–Crippen LogP) is 7.18. The van der Waals surface area contributed by atoms with E-state index in [9.17, 15) is 10.5 Å². The fraction of sp³-hybridized carbons (Fsp3) is 0.452. The summed E-state index contributed by atoms with van der Waals surface area (Å²) >= 11 is 12.8. The van der Waals surface area contributed by atoms with E-state index in [2.05, 4.69) is 17.0 Å². The number of carbonyl (C=O) groups excluding carboxylic acids is 1. The Kier molecular flexibility index (Phi) is 5.11. The van der Waals surface area contributed by atoms with E-state index in [1.807, 2.05) is 42.5 Å². The third-order valence-electron chi connectivity index (χ3n) is 10.0. The third kappa shape index (κ3) is 3.16. The van der Waals surface area contributed by atoms with Crippen molar-refractivity contribution in [2.45, 2.75) is 56.5 Å². The van der Waals surface area contributed by atoms with Crippen LogP contribution in [0.1, 0.15) is 55.6 Å². The Hall–Kier alpha value is -2.79. The largest absolute Gasteiger partial charge is 0.351 e. The molecule has 5 fully saturated rings. The molecular formula is C31H27Cl2N3O. The monoisotopic (exact) mass is 527 g/mol. The highest BCUT2D eigenvalue weighted by Crippen LogP contribution is 2.63. The molecule has 2 aromatic carbocycles. The summed E-state index contributed by atoms with van der Waals surface area (Å²) in [6, 6.07) is 17.0. The molecule has 186 valence electrons. The van der Waals surface area contributed by atoms with Gasteiger partial charge >= 0.3 is 0 Å². The molecule has 4 nitrogen and oxygen atoms in total. The molecule has 3 atom stereocenters. The quantitative estimate of drug-likeness (QED) is 0.423. The second-order valence-corrected chi connectivity index (χ2v) is 12.8. The van der Waals surface area contributed by atoms with Crippen molar-refractivity contribution >= 4 is 40.7 Å². The summed E-state index contributed by atoms with van der Waals surface area (Å²) in [6.07, 6.45) is 10.5. The minimum Gasteiger partial charge on any atom is -0.351 e. The van der Waals surface area contributed by atoms with E-state index >= 15 is 4.79 Å². The Morgan fingerprint density at radius 1 is 0.919 bits per heavy atom. The van der Waals surface area contributed by atoms with Gasteiger partial charge < -0.3 is 4.90 Å². The normalized spacial score (nSPS) is 35.9. The topological polar surface area (TPSA) is 67.9 Å². The van der Waals surface area contributed by atoms with Crippen molar-refractivity contribution < 1.29 is 4.79 Å². The maximum absolute atomic E-state index is 15.1. The van der Waals surface area contributed by atoms with E-state index in [1.165, 1.54) is 19.3 Å². The number of para-hydroxylation sites is 1. The van der Waals surface area contributed by atoms with Crippen LogP contribution in [0.5, 0.6) is 0 Å². The average Bonchev–Trinajstić information content (AvgIpc) is 3.20. The zero-order valence-electron chi connectivity index (χ0n) is 20.4. The van der Waals surface area contributed by atoms with Crippen molar-refractivity contribution in [3.8, 4) is 12.1 Å². The van der Waals surface area contributed by atoms with Crippen LogP contribution < -0.4 is 4.90 Å². The number of halogens is 2. The molecule has 8 rings (SSSR count). The van der Waals surface area contributed by atoms with E-state index in [0.29, 0.717) is 27.8 Å². The van der Waals surface area contributed by atoms with Crippen LogP contribution in [0.15, 0.2) is 48.5 Å². The van der Waals surface area contributed by atoms with Crippen LogP contribution in [0.2, 0.25) is 10.0 Å². The summed E-state index contributed by atoms with van der Waals surface area (Å²) in [5.41, 5.74) is 0.803. The first-order chi connectivity index (χ1) is 17.9. The predicted molar refractivity (Wildman–Crippen MR) is 144 cm³/mol. The molecule has 2 aromatic rings. The molecule has 4 bridgehead atoms. The molecule has 4 aliphatic carbocycles. The molecule has 2 heterocycles. The lowest BCUT2D eigenvalue weighted by atomic mass is 9.47. The third-order valence-corrected chi connectivity index (χ3v) is 10.8. The van der Waals surface area contributed by atoms with Gasteiger partial charge in [-0.15, -0.1) is 0 Å². The van der Waals surface area contributed by atoms with Crippen LogP contribution in [0, 0.1) is 51.2 Å². The van der Waals surface area contributed by atoms with Crippen LogP contribution in [-0.2, 0) is 4.79 Å². The maximum Gasteiger partial charge on any atom is 0.176 e. The summed E-state index contributed by atoms with van der Waals surface area (Å²) < 4.78 is 0. The van der Waals surface area contributed by atoms with Crippen LogP contribution in [-0.4, -0.2) is 17.9 Å². The van der Waals surface area contributed by atoms with E-state index in [1.54, 1.807) is 12.1 Å². The lowest BCUT2D eigenvalue weighted by Crippen LogP contribution is -2.56. The van der Waals surface area contributed by atoms with Gasteiger partial charge in [-0.3, -0.25) is 4.79 Å². The molecule has 6 aliphatic rings. The number of benzene rings is 2. The van der Waals surface area contributed by atoms with Gasteiger partial charge in [-0.1, -0.05) is 59.6 Å². The van der Waals surface area contributed by atoms with Gasteiger partial charge in [-0.05, 0) is 85.6 Å². The molecule has 0 unspecified atom stereocenters. The van der Waals surface area contributed by atoms with Crippen molar-refractivity contribution in [3.63, 3.8) is 0 Å². The maximum atomic E-state index is 15.1.